The van der Waals surface area contributed by atoms with Crippen LogP contribution in [-0.4, -0.2) is 44.7 Å². The van der Waals surface area contributed by atoms with Gasteiger partial charge in [0.05, 0.1) is 18.2 Å². The highest BCUT2D eigenvalue weighted by Crippen LogP contribution is 2.31. The fraction of sp³-hybridized carbons (Fsp3) is 0.455. The van der Waals surface area contributed by atoms with Gasteiger partial charge in [-0.25, -0.2) is 9.97 Å². The first-order valence-electron chi connectivity index (χ1n) is 9.96. The van der Waals surface area contributed by atoms with Crippen LogP contribution in [0.1, 0.15) is 54.0 Å². The van der Waals surface area contributed by atoms with E-state index in [4.69, 9.17) is 4.98 Å². The monoisotopic (exact) mass is 378 g/mol. The van der Waals surface area contributed by atoms with Gasteiger partial charge in [0.15, 0.2) is 5.82 Å². The van der Waals surface area contributed by atoms with E-state index in [1.54, 1.807) is 6.92 Å². The molecule has 0 unspecified atom stereocenters. The molecule has 0 N–H and O–H groups in total. The summed E-state index contributed by atoms with van der Waals surface area (Å²) in [7, 11) is 0. The molecule has 28 heavy (non-hydrogen) atoms. The van der Waals surface area contributed by atoms with Crippen LogP contribution < -0.4 is 0 Å². The predicted molar refractivity (Wildman–Crippen MR) is 105 cm³/mol. The lowest BCUT2D eigenvalue weighted by atomic mass is 10.1. The topological polar surface area (TPSA) is 66.4 Å². The first-order chi connectivity index (χ1) is 13.5. The van der Waals surface area contributed by atoms with Gasteiger partial charge in [0, 0.05) is 44.7 Å². The van der Waals surface area contributed by atoms with E-state index in [1.165, 1.54) is 5.56 Å². The van der Waals surface area contributed by atoms with Gasteiger partial charge in [-0.05, 0) is 25.3 Å². The van der Waals surface area contributed by atoms with Gasteiger partial charge in [-0.15, -0.1) is 0 Å². The molecule has 2 amide bonds. The van der Waals surface area contributed by atoms with E-state index < -0.39 is 0 Å². The molecule has 1 saturated heterocycles. The molecule has 0 saturated carbocycles. The van der Waals surface area contributed by atoms with Crippen LogP contribution in [-0.2, 0) is 29.0 Å². The first-order valence-corrected chi connectivity index (χ1v) is 9.96. The number of carbonyl (C=O) groups excluding carboxylic acids is 2. The van der Waals surface area contributed by atoms with Crippen molar-refractivity contribution in [2.24, 2.45) is 0 Å². The maximum atomic E-state index is 12.9. The zero-order valence-electron chi connectivity index (χ0n) is 16.5. The summed E-state index contributed by atoms with van der Waals surface area (Å²) in [5.74, 6) is 0.959. The van der Waals surface area contributed by atoms with Crippen molar-refractivity contribution in [2.45, 2.75) is 52.1 Å². The fourth-order valence-electron chi connectivity index (χ4n) is 4.19. The van der Waals surface area contributed by atoms with Crippen LogP contribution in [0.15, 0.2) is 30.5 Å². The normalized spacial score (nSPS) is 18.9. The minimum absolute atomic E-state index is 0.0477. The van der Waals surface area contributed by atoms with E-state index in [0.717, 1.165) is 48.5 Å². The number of hydrogen-bond acceptors (Lipinski definition) is 4. The second-order valence-electron chi connectivity index (χ2n) is 7.80. The summed E-state index contributed by atoms with van der Waals surface area (Å²) in [6.45, 7) is 5.66. The number of aromatic nitrogens is 2. The molecule has 1 atom stereocenters. The molecule has 146 valence electrons. The minimum Gasteiger partial charge on any atom is -0.338 e. The third kappa shape index (κ3) is 3.77. The van der Waals surface area contributed by atoms with Gasteiger partial charge in [-0.1, -0.05) is 29.8 Å². The van der Waals surface area contributed by atoms with Crippen molar-refractivity contribution in [3.05, 3.63) is 58.7 Å². The molecule has 0 aliphatic carbocycles. The maximum absolute atomic E-state index is 12.9. The molecule has 0 spiro atoms. The van der Waals surface area contributed by atoms with Gasteiger partial charge in [0.25, 0.3) is 0 Å². The quantitative estimate of drug-likeness (QED) is 0.823. The van der Waals surface area contributed by atoms with Crippen LogP contribution >= 0.6 is 0 Å². The number of hydrogen-bond donors (Lipinski definition) is 0. The van der Waals surface area contributed by atoms with Gasteiger partial charge in [-0.2, -0.15) is 0 Å². The Hall–Kier alpha value is -2.76. The Morgan fingerprint density at radius 3 is 2.89 bits per heavy atom. The Morgan fingerprint density at radius 1 is 1.25 bits per heavy atom. The maximum Gasteiger partial charge on any atom is 0.227 e. The molecule has 1 fully saturated rings. The molecule has 6 heteroatoms. The molecule has 1 aromatic carbocycles. The highest BCUT2D eigenvalue weighted by atomic mass is 16.2. The Kier molecular flexibility index (Phi) is 5.11. The molecular weight excluding hydrogens is 352 g/mol. The minimum atomic E-state index is -0.0477. The summed E-state index contributed by atoms with van der Waals surface area (Å²) in [6, 6.07) is 8.07. The van der Waals surface area contributed by atoms with E-state index >= 15 is 0 Å². The Bertz CT molecular complexity index is 911. The first kappa shape index (κ1) is 18.6. The zero-order chi connectivity index (χ0) is 19.7. The lowest BCUT2D eigenvalue weighted by Crippen LogP contribution is -2.36. The van der Waals surface area contributed by atoms with Gasteiger partial charge < -0.3 is 9.80 Å². The van der Waals surface area contributed by atoms with Gasteiger partial charge in [0.2, 0.25) is 11.8 Å². The smallest absolute Gasteiger partial charge is 0.227 e. The molecule has 3 heterocycles. The number of amides is 2. The Morgan fingerprint density at radius 2 is 2.11 bits per heavy atom. The summed E-state index contributed by atoms with van der Waals surface area (Å²) in [5.41, 5.74) is 4.24. The largest absolute Gasteiger partial charge is 0.338 e. The SMILES string of the molecule is CC(=O)N1CCc2nc([C@@H]3CCCN3C(=O)Cc3cccc(C)c3)ncc2C1. The lowest BCUT2D eigenvalue weighted by molar-refractivity contribution is -0.132. The molecule has 0 radical (unpaired) electrons. The van der Waals surface area contributed by atoms with E-state index in [0.29, 0.717) is 19.5 Å². The van der Waals surface area contributed by atoms with Crippen molar-refractivity contribution in [3.8, 4) is 0 Å². The zero-order valence-corrected chi connectivity index (χ0v) is 16.5. The van der Waals surface area contributed by atoms with Gasteiger partial charge in [-0.3, -0.25) is 9.59 Å². The van der Waals surface area contributed by atoms with Crippen LogP contribution in [0.4, 0.5) is 0 Å². The van der Waals surface area contributed by atoms with Crippen LogP contribution in [0.25, 0.3) is 0 Å². The number of carbonyl (C=O) groups is 2. The van der Waals surface area contributed by atoms with E-state index in [2.05, 4.69) is 11.1 Å². The van der Waals surface area contributed by atoms with E-state index in [1.807, 2.05) is 41.1 Å². The Balaban J connectivity index is 1.50. The average Bonchev–Trinajstić information content (AvgIpc) is 3.17. The predicted octanol–water partition coefficient (Wildman–Crippen LogP) is 2.60. The van der Waals surface area contributed by atoms with Crippen LogP contribution in [0.2, 0.25) is 0 Å². The highest BCUT2D eigenvalue weighted by Gasteiger charge is 2.32. The highest BCUT2D eigenvalue weighted by molar-refractivity contribution is 5.79. The number of likely N-dealkylation sites (tertiary alicyclic amines) is 1. The third-order valence-corrected chi connectivity index (χ3v) is 5.71. The second kappa shape index (κ2) is 7.70. The summed E-state index contributed by atoms with van der Waals surface area (Å²) < 4.78 is 0. The van der Waals surface area contributed by atoms with E-state index in [9.17, 15) is 9.59 Å². The van der Waals surface area contributed by atoms with Crippen molar-refractivity contribution >= 4 is 11.8 Å². The number of aryl methyl sites for hydroxylation is 1. The fourth-order valence-corrected chi connectivity index (χ4v) is 4.19. The summed E-state index contributed by atoms with van der Waals surface area (Å²) in [5, 5.41) is 0. The molecule has 4 rings (SSSR count). The lowest BCUT2D eigenvalue weighted by Gasteiger charge is -2.28. The van der Waals surface area contributed by atoms with Crippen molar-refractivity contribution < 1.29 is 9.59 Å². The van der Waals surface area contributed by atoms with Gasteiger partial charge in [0.1, 0.15) is 0 Å². The molecule has 0 bridgehead atoms. The average molecular weight is 378 g/mol. The summed E-state index contributed by atoms with van der Waals surface area (Å²) >= 11 is 0. The van der Waals surface area contributed by atoms with Gasteiger partial charge >= 0.3 is 0 Å². The molecule has 1 aromatic heterocycles. The molecule has 2 aliphatic rings. The van der Waals surface area contributed by atoms with Crippen molar-refractivity contribution in [3.63, 3.8) is 0 Å². The van der Waals surface area contributed by atoms with Crippen LogP contribution in [0.3, 0.4) is 0 Å². The molecule has 6 nitrogen and oxygen atoms in total. The second-order valence-corrected chi connectivity index (χ2v) is 7.80. The molecular formula is C22H26N4O2. The standard InChI is InChI=1S/C22H26N4O2/c1-15-5-3-6-17(11-15)12-21(28)26-9-4-7-20(26)22-23-13-18-14-25(16(2)27)10-8-19(18)24-22/h3,5-6,11,13,20H,4,7-10,12,14H2,1-2H3/t20-/m0/s1. The van der Waals surface area contributed by atoms with Crippen molar-refractivity contribution in [1.29, 1.82) is 0 Å². The molecule has 2 aliphatic heterocycles. The van der Waals surface area contributed by atoms with Crippen LogP contribution in [0, 0.1) is 6.92 Å². The Labute approximate surface area is 165 Å². The molecule has 2 aromatic rings. The van der Waals surface area contributed by atoms with E-state index in [-0.39, 0.29) is 17.9 Å². The third-order valence-electron chi connectivity index (χ3n) is 5.71. The number of fused-ring (bicyclic) bond motifs is 1. The number of nitrogens with zero attached hydrogens (tertiary/aromatic N) is 4. The van der Waals surface area contributed by atoms with Crippen molar-refractivity contribution in [1.82, 2.24) is 19.8 Å². The summed E-state index contributed by atoms with van der Waals surface area (Å²) in [4.78, 5) is 37.7. The van der Waals surface area contributed by atoms with Crippen molar-refractivity contribution in [2.75, 3.05) is 13.1 Å². The van der Waals surface area contributed by atoms with Crippen LogP contribution in [0.5, 0.6) is 0 Å². The number of benzene rings is 1. The number of rotatable bonds is 3. The summed E-state index contributed by atoms with van der Waals surface area (Å²) in [6.07, 6.45) is 4.88.